The third-order valence-corrected chi connectivity index (χ3v) is 7.96. The Hall–Kier alpha value is -6.34. The normalized spacial score (nSPS) is 15.6. The molecule has 1 unspecified atom stereocenters. The molecular weight excluding hydrogens is 636 g/mol. The number of hydrogen-bond donors (Lipinski definition) is 4. The quantitative estimate of drug-likeness (QED) is 0.116. The number of rotatable bonds is 13. The van der Waals surface area contributed by atoms with E-state index in [2.05, 4.69) is 26.0 Å². The van der Waals surface area contributed by atoms with E-state index in [1.807, 2.05) is 6.07 Å². The molecule has 16 heteroatoms. The minimum atomic E-state index is -1.05. The van der Waals surface area contributed by atoms with Crippen molar-refractivity contribution in [1.29, 1.82) is 5.26 Å². The molecule has 4 heterocycles. The number of nitriles is 1. The van der Waals surface area contributed by atoms with Gasteiger partial charge >= 0.3 is 0 Å². The molecule has 1 saturated heterocycles. The van der Waals surface area contributed by atoms with Crippen molar-refractivity contribution in [2.45, 2.75) is 25.3 Å². The topological polar surface area (TPSA) is 217 Å². The molecule has 2 aromatic carbocycles. The summed E-state index contributed by atoms with van der Waals surface area (Å²) >= 11 is 0. The molecule has 6 rings (SSSR count). The summed E-state index contributed by atoms with van der Waals surface area (Å²) in [6, 6.07) is 14.1. The van der Waals surface area contributed by atoms with E-state index >= 15 is 0 Å². The minimum absolute atomic E-state index is 0.0393. The van der Waals surface area contributed by atoms with Crippen LogP contribution in [-0.4, -0.2) is 88.0 Å². The summed E-state index contributed by atoms with van der Waals surface area (Å²) in [5, 5.41) is 19.9. The van der Waals surface area contributed by atoms with Crippen LogP contribution in [0.15, 0.2) is 59.5 Å². The van der Waals surface area contributed by atoms with Gasteiger partial charge < -0.3 is 20.1 Å². The molecule has 1 fully saturated rings. The van der Waals surface area contributed by atoms with Crippen molar-refractivity contribution in [3.8, 4) is 23.1 Å². The van der Waals surface area contributed by atoms with Crippen molar-refractivity contribution in [1.82, 2.24) is 30.1 Å². The van der Waals surface area contributed by atoms with E-state index < -0.39 is 29.7 Å². The molecule has 49 heavy (non-hydrogen) atoms. The Morgan fingerprint density at radius 2 is 1.84 bits per heavy atom. The number of hydrogen-bond acceptors (Lipinski definition) is 11. The average Bonchev–Trinajstić information content (AvgIpc) is 3.63. The first kappa shape index (κ1) is 32.6. The van der Waals surface area contributed by atoms with Crippen molar-refractivity contribution in [2.75, 3.05) is 38.2 Å². The number of fused-ring (bicyclic) bond motifs is 2. The molecule has 0 spiro atoms. The van der Waals surface area contributed by atoms with Gasteiger partial charge in [-0.15, -0.1) is 0 Å². The number of carbonyl (C=O) groups is 5. The number of imide groups is 2. The van der Waals surface area contributed by atoms with Crippen LogP contribution in [0.4, 0.5) is 5.69 Å². The largest absolute Gasteiger partial charge is 0.492 e. The van der Waals surface area contributed by atoms with Gasteiger partial charge in [0, 0.05) is 42.9 Å². The Morgan fingerprint density at radius 3 is 2.61 bits per heavy atom. The van der Waals surface area contributed by atoms with Crippen molar-refractivity contribution in [3.05, 3.63) is 81.8 Å². The fraction of sp³-hybridized carbons (Fsp3) is 0.273. The highest BCUT2D eigenvalue weighted by Gasteiger charge is 2.45. The van der Waals surface area contributed by atoms with Gasteiger partial charge in [-0.25, -0.2) is 9.50 Å². The average molecular weight is 667 g/mol. The number of carbonyl (C=O) groups excluding carboxylic acids is 5. The van der Waals surface area contributed by atoms with Crippen molar-refractivity contribution in [3.63, 3.8) is 0 Å². The molecule has 2 aliphatic heterocycles. The van der Waals surface area contributed by atoms with Gasteiger partial charge in [-0.05, 0) is 42.8 Å². The number of piperidine rings is 1. The van der Waals surface area contributed by atoms with Crippen LogP contribution in [-0.2, 0) is 19.1 Å². The SMILES string of the molecule is N#Cc1c[nH]n2c(=O)cc(-c3ccc(OCCNC(=O)CCOCCNc4cccc5c4C(=O)N(C4CCC(=O)NC4=O)C5=O)cc3)nc12. The molecule has 5 amide bonds. The highest BCUT2D eigenvalue weighted by Crippen LogP contribution is 2.32. The Bertz CT molecular complexity index is 2060. The third kappa shape index (κ3) is 6.87. The maximum Gasteiger partial charge on any atom is 0.273 e. The number of anilines is 1. The number of aromatic nitrogens is 3. The van der Waals surface area contributed by atoms with Gasteiger partial charge in [-0.3, -0.25) is 44.1 Å². The Labute approximate surface area is 278 Å². The first-order valence-electron chi connectivity index (χ1n) is 15.4. The van der Waals surface area contributed by atoms with Gasteiger partial charge in [-0.1, -0.05) is 6.07 Å². The molecular formula is C33H30N8O8. The zero-order valence-corrected chi connectivity index (χ0v) is 26.0. The fourth-order valence-electron chi connectivity index (χ4n) is 5.57. The first-order chi connectivity index (χ1) is 23.7. The van der Waals surface area contributed by atoms with Crippen LogP contribution >= 0.6 is 0 Å². The highest BCUT2D eigenvalue weighted by atomic mass is 16.5. The number of amides is 5. The maximum absolute atomic E-state index is 13.2. The Balaban J connectivity index is 0.888. The molecule has 4 N–H and O–H groups in total. The van der Waals surface area contributed by atoms with Crippen LogP contribution in [0.3, 0.4) is 0 Å². The van der Waals surface area contributed by atoms with E-state index in [0.29, 0.717) is 29.2 Å². The number of aromatic amines is 1. The summed E-state index contributed by atoms with van der Waals surface area (Å²) in [6.45, 7) is 1.16. The predicted molar refractivity (Wildman–Crippen MR) is 172 cm³/mol. The first-order valence-corrected chi connectivity index (χ1v) is 15.4. The second-order valence-corrected chi connectivity index (χ2v) is 11.1. The summed E-state index contributed by atoms with van der Waals surface area (Å²) in [4.78, 5) is 79.9. The molecule has 2 aliphatic rings. The molecule has 16 nitrogen and oxygen atoms in total. The monoisotopic (exact) mass is 666 g/mol. The van der Waals surface area contributed by atoms with Crippen LogP contribution in [0.5, 0.6) is 5.75 Å². The lowest BCUT2D eigenvalue weighted by atomic mass is 10.0. The van der Waals surface area contributed by atoms with E-state index in [1.165, 1.54) is 22.8 Å². The van der Waals surface area contributed by atoms with Crippen LogP contribution in [0, 0.1) is 11.3 Å². The van der Waals surface area contributed by atoms with Crippen LogP contribution in [0.1, 0.15) is 45.5 Å². The Morgan fingerprint density at radius 1 is 1.02 bits per heavy atom. The predicted octanol–water partition coefficient (Wildman–Crippen LogP) is 0.976. The van der Waals surface area contributed by atoms with Crippen LogP contribution < -0.4 is 26.2 Å². The van der Waals surface area contributed by atoms with Gasteiger partial charge in [0.25, 0.3) is 17.4 Å². The lowest BCUT2D eigenvalue weighted by Gasteiger charge is -2.27. The van der Waals surface area contributed by atoms with Gasteiger partial charge in [0.2, 0.25) is 17.7 Å². The van der Waals surface area contributed by atoms with Crippen molar-refractivity contribution < 1.29 is 33.4 Å². The molecule has 0 aliphatic carbocycles. The third-order valence-electron chi connectivity index (χ3n) is 7.96. The number of H-pyrrole nitrogens is 1. The summed E-state index contributed by atoms with van der Waals surface area (Å²) in [5.41, 5.74) is 2.02. The minimum Gasteiger partial charge on any atom is -0.492 e. The molecule has 0 saturated carbocycles. The van der Waals surface area contributed by atoms with E-state index in [9.17, 15) is 34.0 Å². The van der Waals surface area contributed by atoms with E-state index in [1.54, 1.807) is 36.4 Å². The zero-order chi connectivity index (χ0) is 34.5. The maximum atomic E-state index is 13.2. The van der Waals surface area contributed by atoms with Gasteiger partial charge in [-0.2, -0.15) is 5.26 Å². The lowest BCUT2D eigenvalue weighted by Crippen LogP contribution is -2.54. The molecule has 250 valence electrons. The molecule has 2 aromatic heterocycles. The van der Waals surface area contributed by atoms with Gasteiger partial charge in [0.1, 0.15) is 30.0 Å². The van der Waals surface area contributed by atoms with Gasteiger partial charge in [0.05, 0.1) is 36.6 Å². The standard InChI is InChI=1S/C33H30N8O8/c34-17-20-18-37-41-28(44)16-24(38-30(20)41)19-4-6-21(7-5-19)49-15-12-36-26(42)10-13-48-14-11-35-23-3-1-2-22-29(23)33(47)40(32(22)46)25-8-9-27(43)39-31(25)45/h1-7,16,18,25,35,37H,8-15H2,(H,36,42)(H,39,43,45). The smallest absolute Gasteiger partial charge is 0.273 e. The summed E-state index contributed by atoms with van der Waals surface area (Å²) < 4.78 is 12.4. The lowest BCUT2D eigenvalue weighted by molar-refractivity contribution is -0.136. The zero-order valence-electron chi connectivity index (χ0n) is 26.0. The molecule has 0 bridgehead atoms. The molecule has 0 radical (unpaired) electrons. The molecule has 4 aromatic rings. The number of benzene rings is 2. The van der Waals surface area contributed by atoms with Gasteiger partial charge in [0.15, 0.2) is 5.65 Å². The number of ether oxygens (including phenoxy) is 2. The van der Waals surface area contributed by atoms with Crippen LogP contribution in [0.2, 0.25) is 0 Å². The van der Waals surface area contributed by atoms with Crippen molar-refractivity contribution >= 4 is 40.9 Å². The molecule has 1 atom stereocenters. The van der Waals surface area contributed by atoms with E-state index in [0.717, 1.165) is 4.90 Å². The second-order valence-electron chi connectivity index (χ2n) is 11.1. The van der Waals surface area contributed by atoms with E-state index in [4.69, 9.17) is 9.47 Å². The number of nitrogens with one attached hydrogen (secondary N) is 4. The summed E-state index contributed by atoms with van der Waals surface area (Å²) in [6.07, 6.45) is 1.65. The highest BCUT2D eigenvalue weighted by molar-refractivity contribution is 6.25. The van der Waals surface area contributed by atoms with Crippen LogP contribution in [0.25, 0.3) is 16.9 Å². The Kier molecular flexibility index (Phi) is 9.44. The van der Waals surface area contributed by atoms with Crippen molar-refractivity contribution in [2.24, 2.45) is 0 Å². The summed E-state index contributed by atoms with van der Waals surface area (Å²) in [5.74, 6) is -1.96. The second kappa shape index (κ2) is 14.2. The van der Waals surface area contributed by atoms with E-state index in [-0.39, 0.29) is 79.4 Å². The fourth-order valence-corrected chi connectivity index (χ4v) is 5.57. The summed E-state index contributed by atoms with van der Waals surface area (Å²) in [7, 11) is 0. The number of nitrogens with zero attached hydrogens (tertiary/aromatic N) is 4.